The van der Waals surface area contributed by atoms with Crippen molar-refractivity contribution >= 4 is 0 Å². The first kappa shape index (κ1) is 22.4. The summed E-state index contributed by atoms with van der Waals surface area (Å²) in [6.07, 6.45) is 2.70. The minimum atomic E-state index is 0.733. The number of nitrogens with one attached hydrogen (secondary N) is 1. The number of aromatic nitrogens is 2. The Bertz CT molecular complexity index is 1160. The third-order valence-corrected chi connectivity index (χ3v) is 6.50. The van der Waals surface area contributed by atoms with Crippen molar-refractivity contribution in [1.82, 2.24) is 19.8 Å². The van der Waals surface area contributed by atoms with Gasteiger partial charge >= 0.3 is 0 Å². The van der Waals surface area contributed by atoms with Crippen LogP contribution < -0.4 is 4.74 Å². The summed E-state index contributed by atoms with van der Waals surface area (Å²) in [5.74, 6) is 1.91. The van der Waals surface area contributed by atoms with E-state index < -0.39 is 0 Å². The van der Waals surface area contributed by atoms with Gasteiger partial charge in [-0.2, -0.15) is 0 Å². The topological polar surface area (TPSA) is 44.4 Å². The number of hydrogen-bond acceptors (Lipinski definition) is 4. The van der Waals surface area contributed by atoms with Crippen molar-refractivity contribution in [3.63, 3.8) is 0 Å². The Morgan fingerprint density at radius 1 is 0.794 bits per heavy atom. The first-order chi connectivity index (χ1) is 16.7. The predicted molar refractivity (Wildman–Crippen MR) is 138 cm³/mol. The zero-order chi connectivity index (χ0) is 23.2. The van der Waals surface area contributed by atoms with Crippen molar-refractivity contribution in [1.29, 1.82) is 0 Å². The number of nitrogens with zero attached hydrogens (tertiary/aromatic N) is 3. The van der Waals surface area contributed by atoms with E-state index in [0.717, 1.165) is 68.6 Å². The van der Waals surface area contributed by atoms with Crippen LogP contribution in [0.5, 0.6) is 5.75 Å². The summed E-state index contributed by atoms with van der Waals surface area (Å²) in [4.78, 5) is 12.9. The molecule has 1 N–H and O–H groups in total. The largest absolute Gasteiger partial charge is 0.492 e. The van der Waals surface area contributed by atoms with Crippen LogP contribution in [0.25, 0.3) is 22.4 Å². The highest BCUT2D eigenvalue weighted by atomic mass is 16.5. The van der Waals surface area contributed by atoms with Gasteiger partial charge in [0.05, 0.1) is 11.9 Å². The van der Waals surface area contributed by atoms with Crippen LogP contribution in [0.2, 0.25) is 0 Å². The van der Waals surface area contributed by atoms with Crippen molar-refractivity contribution in [3.8, 4) is 28.1 Å². The SMILES string of the molecule is CN1CCN(CCOc2ccc(-c3ccc(Cc4ncc(-c5ccccc5)[nH]4)cc3)cc2)CC1. The minimum Gasteiger partial charge on any atom is -0.492 e. The highest BCUT2D eigenvalue weighted by Gasteiger charge is 2.13. The van der Waals surface area contributed by atoms with E-state index >= 15 is 0 Å². The Morgan fingerprint density at radius 2 is 1.47 bits per heavy atom. The van der Waals surface area contributed by atoms with E-state index in [4.69, 9.17) is 4.74 Å². The summed E-state index contributed by atoms with van der Waals surface area (Å²) < 4.78 is 5.98. The highest BCUT2D eigenvalue weighted by molar-refractivity contribution is 5.64. The molecule has 1 saturated heterocycles. The van der Waals surface area contributed by atoms with E-state index in [9.17, 15) is 0 Å². The number of ether oxygens (including phenoxy) is 1. The quantitative estimate of drug-likeness (QED) is 0.410. The minimum absolute atomic E-state index is 0.733. The summed E-state index contributed by atoms with van der Waals surface area (Å²) in [5, 5.41) is 0. The molecule has 0 saturated carbocycles. The first-order valence-corrected chi connectivity index (χ1v) is 12.1. The normalized spacial score (nSPS) is 14.9. The summed E-state index contributed by atoms with van der Waals surface area (Å²) in [6, 6.07) is 27.4. The predicted octanol–water partition coefficient (Wildman–Crippen LogP) is 4.96. The Labute approximate surface area is 202 Å². The van der Waals surface area contributed by atoms with Crippen LogP contribution in [0, 0.1) is 0 Å². The molecule has 0 amide bonds. The second kappa shape index (κ2) is 10.7. The monoisotopic (exact) mass is 452 g/mol. The van der Waals surface area contributed by atoms with E-state index in [1.165, 1.54) is 16.7 Å². The van der Waals surface area contributed by atoms with Crippen molar-refractivity contribution in [2.45, 2.75) is 6.42 Å². The van der Waals surface area contributed by atoms with Crippen molar-refractivity contribution in [2.24, 2.45) is 0 Å². The maximum absolute atomic E-state index is 5.98. The first-order valence-electron chi connectivity index (χ1n) is 12.1. The molecule has 1 aromatic heterocycles. The fourth-order valence-corrected chi connectivity index (χ4v) is 4.33. The lowest BCUT2D eigenvalue weighted by atomic mass is 10.0. The van der Waals surface area contributed by atoms with E-state index in [2.05, 4.69) is 87.5 Å². The number of imidazole rings is 1. The van der Waals surface area contributed by atoms with E-state index in [0.29, 0.717) is 0 Å². The van der Waals surface area contributed by atoms with Gasteiger partial charge in [-0.05, 0) is 41.4 Å². The van der Waals surface area contributed by atoms with Crippen LogP contribution >= 0.6 is 0 Å². The Morgan fingerprint density at radius 3 is 2.18 bits per heavy atom. The highest BCUT2D eigenvalue weighted by Crippen LogP contribution is 2.24. The standard InChI is InChI=1S/C29H32N4O/c1-32-15-17-33(18-16-32)19-20-34-27-13-11-25(12-14-27)24-9-7-23(8-10-24)21-29-30-22-28(31-29)26-5-3-2-4-6-26/h2-14,22H,15-21H2,1H3,(H,30,31). The molecule has 2 heterocycles. The van der Waals surface area contributed by atoms with Crippen molar-refractivity contribution in [3.05, 3.63) is 96.4 Å². The van der Waals surface area contributed by atoms with Crippen LogP contribution in [-0.2, 0) is 6.42 Å². The number of aromatic amines is 1. The summed E-state index contributed by atoms with van der Waals surface area (Å²) in [5.41, 5.74) is 5.85. The molecular weight excluding hydrogens is 420 g/mol. The van der Waals surface area contributed by atoms with E-state index in [1.807, 2.05) is 24.4 Å². The number of hydrogen-bond donors (Lipinski definition) is 1. The van der Waals surface area contributed by atoms with Gasteiger partial charge in [0.1, 0.15) is 18.2 Å². The average molecular weight is 453 g/mol. The van der Waals surface area contributed by atoms with Crippen LogP contribution in [0.1, 0.15) is 11.4 Å². The van der Waals surface area contributed by atoms with E-state index in [-0.39, 0.29) is 0 Å². The molecule has 0 radical (unpaired) electrons. The Kier molecular flexibility index (Phi) is 7.03. The van der Waals surface area contributed by atoms with Gasteiger partial charge in [-0.3, -0.25) is 4.90 Å². The lowest BCUT2D eigenvalue weighted by Gasteiger charge is -2.32. The maximum atomic E-state index is 5.98. The Hall–Kier alpha value is -3.41. The zero-order valence-electron chi connectivity index (χ0n) is 19.8. The van der Waals surface area contributed by atoms with Gasteiger partial charge in [0.2, 0.25) is 0 Å². The number of piperazine rings is 1. The van der Waals surface area contributed by atoms with Gasteiger partial charge in [-0.25, -0.2) is 4.98 Å². The Balaban J connectivity index is 1.13. The molecule has 5 rings (SSSR count). The summed E-state index contributed by atoms with van der Waals surface area (Å²) >= 11 is 0. The van der Waals surface area contributed by atoms with Crippen LogP contribution in [0.4, 0.5) is 0 Å². The molecule has 5 nitrogen and oxygen atoms in total. The fraction of sp³-hybridized carbons (Fsp3) is 0.276. The summed E-state index contributed by atoms with van der Waals surface area (Å²) in [6.45, 7) is 6.26. The van der Waals surface area contributed by atoms with Gasteiger partial charge in [-0.15, -0.1) is 0 Å². The third-order valence-electron chi connectivity index (χ3n) is 6.50. The number of rotatable bonds is 8. The molecule has 1 aliphatic rings. The molecule has 1 aliphatic heterocycles. The molecule has 0 bridgehead atoms. The molecule has 5 heteroatoms. The fourth-order valence-electron chi connectivity index (χ4n) is 4.33. The molecule has 3 aromatic carbocycles. The van der Waals surface area contributed by atoms with Gasteiger partial charge in [0, 0.05) is 39.1 Å². The smallest absolute Gasteiger partial charge is 0.119 e. The van der Waals surface area contributed by atoms with Crippen LogP contribution in [0.3, 0.4) is 0 Å². The second-order valence-electron chi connectivity index (χ2n) is 9.00. The second-order valence-corrected chi connectivity index (χ2v) is 9.00. The van der Waals surface area contributed by atoms with Gasteiger partial charge in [0.15, 0.2) is 0 Å². The van der Waals surface area contributed by atoms with Gasteiger partial charge < -0.3 is 14.6 Å². The molecule has 174 valence electrons. The molecular formula is C29H32N4O. The maximum Gasteiger partial charge on any atom is 0.119 e. The molecule has 0 aliphatic carbocycles. The van der Waals surface area contributed by atoms with Crippen molar-refractivity contribution < 1.29 is 4.74 Å². The van der Waals surface area contributed by atoms with Gasteiger partial charge in [0.25, 0.3) is 0 Å². The zero-order valence-corrected chi connectivity index (χ0v) is 19.8. The van der Waals surface area contributed by atoms with Crippen LogP contribution in [-0.4, -0.2) is 66.1 Å². The molecule has 1 fully saturated rings. The number of benzene rings is 3. The number of likely N-dealkylation sites (N-methyl/N-ethyl adjacent to an activating group) is 1. The van der Waals surface area contributed by atoms with Crippen LogP contribution in [0.15, 0.2) is 85.1 Å². The lowest BCUT2D eigenvalue weighted by molar-refractivity contribution is 0.134. The molecule has 0 atom stereocenters. The molecule has 0 unspecified atom stereocenters. The molecule has 34 heavy (non-hydrogen) atoms. The van der Waals surface area contributed by atoms with Gasteiger partial charge in [-0.1, -0.05) is 66.7 Å². The molecule has 0 spiro atoms. The molecule has 4 aromatic rings. The number of H-pyrrole nitrogens is 1. The average Bonchev–Trinajstić information content (AvgIpc) is 3.35. The van der Waals surface area contributed by atoms with E-state index in [1.54, 1.807) is 0 Å². The third kappa shape index (κ3) is 5.74. The summed E-state index contributed by atoms with van der Waals surface area (Å²) in [7, 11) is 2.18. The van der Waals surface area contributed by atoms with Crippen molar-refractivity contribution in [2.75, 3.05) is 46.4 Å². The lowest BCUT2D eigenvalue weighted by Crippen LogP contribution is -2.45.